The highest BCUT2D eigenvalue weighted by atomic mass is 79.9. The fourth-order valence-corrected chi connectivity index (χ4v) is 2.38. The number of ether oxygens (including phenoxy) is 1. The van der Waals surface area contributed by atoms with Crippen molar-refractivity contribution in [1.82, 2.24) is 9.55 Å². The summed E-state index contributed by atoms with van der Waals surface area (Å²) >= 11 is 3.42. The third kappa shape index (κ3) is 1.93. The molecule has 0 aliphatic carbocycles. The van der Waals surface area contributed by atoms with Crippen molar-refractivity contribution in [2.75, 3.05) is 6.61 Å². The Labute approximate surface area is 96.8 Å². The standard InChI is InChI=1S/C10H13BrN2O2/c1-2-15-10(14)7-4-3-5-13-8(11)6-12-9(7)13/h6-7H,2-5H2,1H3. The molecule has 0 aromatic carbocycles. The third-order valence-electron chi connectivity index (χ3n) is 2.60. The number of halogens is 1. The number of rotatable bonds is 2. The molecule has 0 bridgehead atoms. The van der Waals surface area contributed by atoms with Gasteiger partial charge in [0.25, 0.3) is 0 Å². The van der Waals surface area contributed by atoms with Crippen LogP contribution in [0.15, 0.2) is 10.8 Å². The van der Waals surface area contributed by atoms with Gasteiger partial charge in [-0.2, -0.15) is 0 Å². The van der Waals surface area contributed by atoms with E-state index in [0.29, 0.717) is 6.61 Å². The summed E-state index contributed by atoms with van der Waals surface area (Å²) in [4.78, 5) is 15.9. The maximum atomic E-state index is 11.7. The van der Waals surface area contributed by atoms with Crippen molar-refractivity contribution < 1.29 is 9.53 Å². The lowest BCUT2D eigenvalue weighted by Gasteiger charge is -2.22. The van der Waals surface area contributed by atoms with Gasteiger partial charge in [0.05, 0.1) is 12.8 Å². The number of nitrogens with zero attached hydrogens (tertiary/aromatic N) is 2. The summed E-state index contributed by atoms with van der Waals surface area (Å²) in [5.74, 6) is 0.480. The Morgan fingerprint density at radius 2 is 2.60 bits per heavy atom. The minimum absolute atomic E-state index is 0.156. The number of esters is 1. The van der Waals surface area contributed by atoms with Crippen LogP contribution in [0.25, 0.3) is 0 Å². The second-order valence-electron chi connectivity index (χ2n) is 3.54. The number of carbonyl (C=O) groups is 1. The van der Waals surface area contributed by atoms with Crippen LogP contribution in [0, 0.1) is 0 Å². The van der Waals surface area contributed by atoms with E-state index >= 15 is 0 Å². The van der Waals surface area contributed by atoms with Gasteiger partial charge in [-0.15, -0.1) is 0 Å². The molecule has 2 heterocycles. The van der Waals surface area contributed by atoms with Gasteiger partial charge in [-0.3, -0.25) is 4.79 Å². The van der Waals surface area contributed by atoms with Gasteiger partial charge in [-0.05, 0) is 35.7 Å². The van der Waals surface area contributed by atoms with Crippen LogP contribution in [0.2, 0.25) is 0 Å². The van der Waals surface area contributed by atoms with Gasteiger partial charge in [0.15, 0.2) is 0 Å². The molecular weight excluding hydrogens is 260 g/mol. The van der Waals surface area contributed by atoms with E-state index in [9.17, 15) is 4.79 Å². The van der Waals surface area contributed by atoms with Crippen LogP contribution in [-0.2, 0) is 16.1 Å². The minimum Gasteiger partial charge on any atom is -0.465 e. The smallest absolute Gasteiger partial charge is 0.316 e. The van der Waals surface area contributed by atoms with E-state index in [4.69, 9.17) is 4.74 Å². The average molecular weight is 273 g/mol. The van der Waals surface area contributed by atoms with Crippen LogP contribution in [0.1, 0.15) is 31.5 Å². The maximum absolute atomic E-state index is 11.7. The lowest BCUT2D eigenvalue weighted by molar-refractivity contribution is -0.145. The Hall–Kier alpha value is -0.840. The van der Waals surface area contributed by atoms with Gasteiger partial charge in [-0.25, -0.2) is 4.98 Å². The summed E-state index contributed by atoms with van der Waals surface area (Å²) in [6.07, 6.45) is 3.57. The molecule has 1 atom stereocenters. The minimum atomic E-state index is -0.190. The second-order valence-corrected chi connectivity index (χ2v) is 4.35. The van der Waals surface area contributed by atoms with Crippen molar-refractivity contribution in [3.63, 3.8) is 0 Å². The summed E-state index contributed by atoms with van der Waals surface area (Å²) in [6.45, 7) is 3.17. The lowest BCUT2D eigenvalue weighted by Crippen LogP contribution is -2.24. The summed E-state index contributed by atoms with van der Waals surface area (Å²) in [6, 6.07) is 0. The van der Waals surface area contributed by atoms with E-state index in [1.54, 1.807) is 6.20 Å². The molecule has 4 nitrogen and oxygen atoms in total. The van der Waals surface area contributed by atoms with Gasteiger partial charge in [0.2, 0.25) is 0 Å². The van der Waals surface area contributed by atoms with Crippen LogP contribution in [0.4, 0.5) is 0 Å². The fraction of sp³-hybridized carbons (Fsp3) is 0.600. The normalized spacial score (nSPS) is 19.7. The van der Waals surface area contributed by atoms with Crippen LogP contribution in [0.5, 0.6) is 0 Å². The van der Waals surface area contributed by atoms with Crippen LogP contribution in [0.3, 0.4) is 0 Å². The average Bonchev–Trinajstić information content (AvgIpc) is 2.61. The number of hydrogen-bond donors (Lipinski definition) is 0. The molecule has 0 saturated heterocycles. The van der Waals surface area contributed by atoms with E-state index < -0.39 is 0 Å². The number of carbonyl (C=O) groups excluding carboxylic acids is 1. The molecule has 1 aromatic rings. The molecule has 1 aromatic heterocycles. The van der Waals surface area contributed by atoms with Gasteiger partial charge >= 0.3 is 5.97 Å². The van der Waals surface area contributed by atoms with E-state index in [2.05, 4.69) is 20.9 Å². The predicted molar refractivity (Wildman–Crippen MR) is 58.5 cm³/mol. The highest BCUT2D eigenvalue weighted by Crippen LogP contribution is 2.30. The Balaban J connectivity index is 2.26. The summed E-state index contributed by atoms with van der Waals surface area (Å²) in [7, 11) is 0. The number of fused-ring (bicyclic) bond motifs is 1. The summed E-state index contributed by atoms with van der Waals surface area (Å²) < 4.78 is 8.01. The number of aromatic nitrogens is 2. The highest BCUT2D eigenvalue weighted by molar-refractivity contribution is 9.10. The topological polar surface area (TPSA) is 44.1 Å². The SMILES string of the molecule is CCOC(=O)C1CCCn2c(Br)cnc21. The Morgan fingerprint density at radius 1 is 1.80 bits per heavy atom. The van der Waals surface area contributed by atoms with Crippen LogP contribution >= 0.6 is 15.9 Å². The first kappa shape index (κ1) is 10.7. The first-order valence-electron chi connectivity index (χ1n) is 5.11. The molecule has 5 heteroatoms. The first-order chi connectivity index (χ1) is 7.24. The van der Waals surface area contributed by atoms with Gasteiger partial charge < -0.3 is 9.30 Å². The van der Waals surface area contributed by atoms with Crippen molar-refractivity contribution in [2.45, 2.75) is 32.2 Å². The molecule has 0 radical (unpaired) electrons. The van der Waals surface area contributed by atoms with E-state index in [0.717, 1.165) is 29.8 Å². The molecular formula is C10H13BrN2O2. The first-order valence-corrected chi connectivity index (χ1v) is 5.91. The van der Waals surface area contributed by atoms with Crippen molar-refractivity contribution in [1.29, 1.82) is 0 Å². The Kier molecular flexibility index (Phi) is 3.09. The quantitative estimate of drug-likeness (QED) is 0.775. The van der Waals surface area contributed by atoms with Crippen molar-refractivity contribution >= 4 is 21.9 Å². The molecule has 0 amide bonds. The van der Waals surface area contributed by atoms with E-state index in [1.807, 2.05) is 11.5 Å². The second kappa shape index (κ2) is 4.35. The molecule has 0 N–H and O–H groups in total. The molecule has 0 saturated carbocycles. The molecule has 2 rings (SSSR count). The lowest BCUT2D eigenvalue weighted by atomic mass is 9.99. The Bertz CT molecular complexity index is 375. The zero-order valence-corrected chi connectivity index (χ0v) is 10.2. The van der Waals surface area contributed by atoms with E-state index in [-0.39, 0.29) is 11.9 Å². The predicted octanol–water partition coefficient (Wildman–Crippen LogP) is 2.09. The monoisotopic (exact) mass is 272 g/mol. The zero-order chi connectivity index (χ0) is 10.8. The van der Waals surface area contributed by atoms with Gasteiger partial charge in [-0.1, -0.05) is 0 Å². The highest BCUT2D eigenvalue weighted by Gasteiger charge is 2.30. The van der Waals surface area contributed by atoms with Crippen molar-refractivity contribution in [3.8, 4) is 0 Å². The van der Waals surface area contributed by atoms with Crippen LogP contribution in [-0.4, -0.2) is 22.1 Å². The fourth-order valence-electron chi connectivity index (χ4n) is 1.92. The number of imidazole rings is 1. The molecule has 0 spiro atoms. The van der Waals surface area contributed by atoms with Crippen LogP contribution < -0.4 is 0 Å². The van der Waals surface area contributed by atoms with E-state index in [1.165, 1.54) is 0 Å². The third-order valence-corrected chi connectivity index (χ3v) is 3.23. The summed E-state index contributed by atoms with van der Waals surface area (Å²) in [5.41, 5.74) is 0. The molecule has 1 aliphatic heterocycles. The van der Waals surface area contributed by atoms with Crippen molar-refractivity contribution in [3.05, 3.63) is 16.6 Å². The largest absolute Gasteiger partial charge is 0.465 e. The Morgan fingerprint density at radius 3 is 3.33 bits per heavy atom. The molecule has 1 unspecified atom stereocenters. The van der Waals surface area contributed by atoms with Gasteiger partial charge in [0.1, 0.15) is 16.3 Å². The molecule has 82 valence electrons. The molecule has 0 fully saturated rings. The summed E-state index contributed by atoms with van der Waals surface area (Å²) in [5, 5.41) is 0. The molecule has 1 aliphatic rings. The zero-order valence-electron chi connectivity index (χ0n) is 8.57. The van der Waals surface area contributed by atoms with Gasteiger partial charge in [0, 0.05) is 6.54 Å². The molecule has 15 heavy (non-hydrogen) atoms. The maximum Gasteiger partial charge on any atom is 0.316 e. The van der Waals surface area contributed by atoms with Crippen molar-refractivity contribution in [2.24, 2.45) is 0 Å². The number of hydrogen-bond acceptors (Lipinski definition) is 3.